The van der Waals surface area contributed by atoms with E-state index in [1.807, 2.05) is 18.2 Å². The van der Waals surface area contributed by atoms with E-state index in [1.54, 1.807) is 24.3 Å². The van der Waals surface area contributed by atoms with Crippen LogP contribution in [0.3, 0.4) is 0 Å². The predicted octanol–water partition coefficient (Wildman–Crippen LogP) is 4.83. The third kappa shape index (κ3) is 3.29. The second-order valence-electron chi connectivity index (χ2n) is 9.34. The highest BCUT2D eigenvalue weighted by Gasteiger charge is 2.65. The Bertz CT molecular complexity index is 1020. The second-order valence-corrected chi connectivity index (χ2v) is 10.2. The molecule has 1 amide bonds. The Labute approximate surface area is 185 Å². The van der Waals surface area contributed by atoms with Crippen LogP contribution in [0.25, 0.3) is 0 Å². The van der Waals surface area contributed by atoms with Gasteiger partial charge in [0.05, 0.1) is 0 Å². The summed E-state index contributed by atoms with van der Waals surface area (Å²) in [6, 6.07) is 11.1. The Morgan fingerprint density at radius 2 is 1.73 bits per heavy atom. The van der Waals surface area contributed by atoms with Gasteiger partial charge in [-0.3, -0.25) is 14.9 Å². The molecule has 5 nitrogen and oxygen atoms in total. The van der Waals surface area contributed by atoms with Crippen molar-refractivity contribution in [2.45, 2.75) is 50.6 Å². The van der Waals surface area contributed by atoms with Gasteiger partial charge in [-0.1, -0.05) is 62.2 Å². The van der Waals surface area contributed by atoms with Crippen LogP contribution in [0, 0.1) is 5.41 Å². The molecule has 30 heavy (non-hydrogen) atoms. The van der Waals surface area contributed by atoms with E-state index in [4.69, 9.17) is 23.2 Å². The normalized spacial score (nSPS) is 27.9. The molecule has 2 aromatic carbocycles. The first kappa shape index (κ1) is 21.2. The van der Waals surface area contributed by atoms with Crippen molar-refractivity contribution in [1.29, 1.82) is 0 Å². The molecular weight excluding hydrogens is 423 g/mol. The van der Waals surface area contributed by atoms with Crippen molar-refractivity contribution in [1.82, 2.24) is 5.32 Å². The average molecular weight is 447 g/mol. The number of hydrogen-bond donors (Lipinski definition) is 3. The van der Waals surface area contributed by atoms with Crippen molar-refractivity contribution in [3.63, 3.8) is 0 Å². The van der Waals surface area contributed by atoms with Gasteiger partial charge in [-0.15, -0.1) is 0 Å². The van der Waals surface area contributed by atoms with E-state index in [1.165, 1.54) is 0 Å². The lowest BCUT2D eigenvalue weighted by molar-refractivity contribution is -0.139. The highest BCUT2D eigenvalue weighted by molar-refractivity contribution is 6.31. The van der Waals surface area contributed by atoms with Gasteiger partial charge in [0, 0.05) is 27.7 Å². The number of rotatable bonds is 3. The first-order valence-corrected chi connectivity index (χ1v) is 10.7. The van der Waals surface area contributed by atoms with E-state index in [-0.39, 0.29) is 17.4 Å². The maximum atomic E-state index is 13.7. The van der Waals surface area contributed by atoms with Gasteiger partial charge in [-0.05, 0) is 47.2 Å². The molecule has 2 aliphatic heterocycles. The molecule has 2 aliphatic rings. The molecule has 2 aromatic rings. The monoisotopic (exact) mass is 446 g/mol. The summed E-state index contributed by atoms with van der Waals surface area (Å²) in [7, 11) is 0. The number of fused-ring (bicyclic) bond motifs is 2. The maximum Gasteiger partial charge on any atom is 0.321 e. The number of carboxylic acids is 1. The smallest absolute Gasteiger partial charge is 0.321 e. The van der Waals surface area contributed by atoms with E-state index >= 15 is 0 Å². The molecule has 0 radical (unpaired) electrons. The number of amides is 1. The molecule has 0 aliphatic carbocycles. The minimum atomic E-state index is -1.08. The Balaban J connectivity index is 1.99. The molecule has 2 heterocycles. The zero-order chi connectivity index (χ0) is 21.8. The van der Waals surface area contributed by atoms with E-state index < -0.39 is 23.3 Å². The zero-order valence-electron chi connectivity index (χ0n) is 17.0. The van der Waals surface area contributed by atoms with Crippen LogP contribution in [0.4, 0.5) is 5.69 Å². The molecule has 3 N–H and O–H groups in total. The first-order valence-electron chi connectivity index (χ1n) is 9.90. The van der Waals surface area contributed by atoms with E-state index in [2.05, 4.69) is 31.4 Å². The second kappa shape index (κ2) is 7.26. The Morgan fingerprint density at radius 1 is 1.10 bits per heavy atom. The van der Waals surface area contributed by atoms with Gasteiger partial charge >= 0.3 is 5.97 Å². The molecule has 0 unspecified atom stereocenters. The lowest BCUT2D eigenvalue weighted by Gasteiger charge is -2.37. The van der Waals surface area contributed by atoms with Crippen LogP contribution in [-0.2, 0) is 15.0 Å². The molecule has 1 spiro atoms. The minimum Gasteiger partial charge on any atom is -0.480 e. The number of hydrogen-bond acceptors (Lipinski definition) is 3. The number of carbonyl (C=O) groups excluding carboxylic acids is 1. The summed E-state index contributed by atoms with van der Waals surface area (Å²) in [5.41, 5.74) is 0.969. The van der Waals surface area contributed by atoms with Crippen molar-refractivity contribution in [3.8, 4) is 0 Å². The molecule has 1 saturated heterocycles. The van der Waals surface area contributed by atoms with Crippen LogP contribution in [0.1, 0.15) is 44.2 Å². The van der Waals surface area contributed by atoms with Gasteiger partial charge in [0.2, 0.25) is 5.91 Å². The fourth-order valence-electron chi connectivity index (χ4n) is 5.08. The molecule has 0 saturated carbocycles. The lowest BCUT2D eigenvalue weighted by Crippen LogP contribution is -2.49. The van der Waals surface area contributed by atoms with Crippen molar-refractivity contribution in [3.05, 3.63) is 63.6 Å². The van der Waals surface area contributed by atoms with Crippen LogP contribution >= 0.6 is 23.2 Å². The topological polar surface area (TPSA) is 78.4 Å². The Hall–Kier alpha value is -2.08. The molecular formula is C23H24Cl2N2O3. The van der Waals surface area contributed by atoms with Crippen molar-refractivity contribution in [2.24, 2.45) is 5.41 Å². The number of carbonyl (C=O) groups is 2. The number of carboxylic acid groups (broad SMARTS) is 1. The molecule has 7 heteroatoms. The summed E-state index contributed by atoms with van der Waals surface area (Å²) in [5, 5.41) is 17.4. The molecule has 4 rings (SSSR count). The van der Waals surface area contributed by atoms with Gasteiger partial charge in [0.15, 0.2) is 0 Å². The number of benzene rings is 2. The highest BCUT2D eigenvalue weighted by atomic mass is 35.5. The third-order valence-electron chi connectivity index (χ3n) is 6.12. The summed E-state index contributed by atoms with van der Waals surface area (Å²) in [4.78, 5) is 26.0. The Kier molecular flexibility index (Phi) is 5.12. The summed E-state index contributed by atoms with van der Waals surface area (Å²) in [6.45, 7) is 6.26. The summed E-state index contributed by atoms with van der Waals surface area (Å²) in [5.74, 6) is -1.80. The lowest BCUT2D eigenvalue weighted by atomic mass is 9.62. The number of nitrogens with one attached hydrogen (secondary N) is 2. The van der Waals surface area contributed by atoms with Gasteiger partial charge in [-0.2, -0.15) is 0 Å². The quantitative estimate of drug-likeness (QED) is 0.630. The van der Waals surface area contributed by atoms with Gasteiger partial charge in [-0.25, -0.2) is 0 Å². The highest BCUT2D eigenvalue weighted by Crippen LogP contribution is 2.56. The van der Waals surface area contributed by atoms with Gasteiger partial charge in [0.25, 0.3) is 0 Å². The van der Waals surface area contributed by atoms with Crippen LogP contribution in [0.15, 0.2) is 42.5 Å². The summed E-state index contributed by atoms with van der Waals surface area (Å²) >= 11 is 12.3. The minimum absolute atomic E-state index is 0.127. The Morgan fingerprint density at radius 3 is 2.33 bits per heavy atom. The van der Waals surface area contributed by atoms with Gasteiger partial charge < -0.3 is 10.4 Å². The molecule has 1 fully saturated rings. The largest absolute Gasteiger partial charge is 0.480 e. The fourth-order valence-corrected chi connectivity index (χ4v) is 5.38. The molecule has 4 atom stereocenters. The summed E-state index contributed by atoms with van der Waals surface area (Å²) in [6.07, 6.45) is 0.621. The van der Waals surface area contributed by atoms with Crippen molar-refractivity contribution in [2.75, 3.05) is 5.32 Å². The predicted molar refractivity (Wildman–Crippen MR) is 118 cm³/mol. The van der Waals surface area contributed by atoms with Gasteiger partial charge in [0.1, 0.15) is 11.5 Å². The van der Waals surface area contributed by atoms with Crippen molar-refractivity contribution >= 4 is 40.8 Å². The molecule has 158 valence electrons. The van der Waals surface area contributed by atoms with Crippen LogP contribution in [-0.4, -0.2) is 29.1 Å². The van der Waals surface area contributed by atoms with E-state index in [0.717, 1.165) is 11.1 Å². The van der Waals surface area contributed by atoms with E-state index in [0.29, 0.717) is 22.2 Å². The number of anilines is 1. The number of aliphatic carboxylic acids is 1. The average Bonchev–Trinajstić information content (AvgIpc) is 3.11. The molecule has 0 aromatic heterocycles. The van der Waals surface area contributed by atoms with Crippen LogP contribution in [0.2, 0.25) is 10.0 Å². The standard InChI is InChI=1S/C23H24Cl2N2O3/c1-22(2,3)11-17-23(15-9-8-14(25)10-16(15)26-21(23)30)18(19(27-17)20(28)29)12-4-6-13(24)7-5-12/h4-10,17-19,27H,11H2,1-3H3,(H,26,30)(H,28,29)/t17-,18+,19-,23+/m1/s1. The molecule has 0 bridgehead atoms. The van der Waals surface area contributed by atoms with Crippen LogP contribution in [0.5, 0.6) is 0 Å². The SMILES string of the molecule is CC(C)(C)C[C@H]1N[C@@H](C(=O)O)[C@H](c2ccc(Cl)cc2)[C@@]12C(=O)Nc1cc(Cl)ccc12. The zero-order valence-corrected chi connectivity index (χ0v) is 18.5. The fraction of sp³-hybridized carbons (Fsp3) is 0.391. The first-order chi connectivity index (χ1) is 14.0. The van der Waals surface area contributed by atoms with Crippen LogP contribution < -0.4 is 10.6 Å². The maximum absolute atomic E-state index is 13.7. The van der Waals surface area contributed by atoms with Crippen molar-refractivity contribution < 1.29 is 14.7 Å². The summed E-state index contributed by atoms with van der Waals surface area (Å²) < 4.78 is 0. The number of halogens is 2. The third-order valence-corrected chi connectivity index (χ3v) is 6.60. The van der Waals surface area contributed by atoms with E-state index in [9.17, 15) is 14.7 Å².